The van der Waals surface area contributed by atoms with Crippen LogP contribution >= 0.6 is 0 Å². The summed E-state index contributed by atoms with van der Waals surface area (Å²) in [6.07, 6.45) is 0. The summed E-state index contributed by atoms with van der Waals surface area (Å²) in [6.45, 7) is 8.26. The van der Waals surface area contributed by atoms with E-state index in [2.05, 4.69) is 29.5 Å². The molecule has 1 rings (SSSR count). The first-order valence-electron chi connectivity index (χ1n) is 6.60. The average molecular weight is 300 g/mol. The number of carbonyl (C=O) groups excluding carboxylic acids is 1. The third-order valence-electron chi connectivity index (χ3n) is 2.78. The molecule has 0 aliphatic heterocycles. The Bertz CT molecular complexity index is 440. The molecule has 0 spiro atoms. The van der Waals surface area contributed by atoms with Crippen LogP contribution in [0.5, 0.6) is 0 Å². The van der Waals surface area contributed by atoms with Crippen molar-refractivity contribution in [3.63, 3.8) is 0 Å². The Morgan fingerprint density at radius 2 is 2.05 bits per heavy atom. The van der Waals surface area contributed by atoms with Gasteiger partial charge in [0, 0.05) is 21.7 Å². The summed E-state index contributed by atoms with van der Waals surface area (Å²) in [5.74, 6) is -0.446. The number of methoxy groups -OCH3 is 1. The summed E-state index contributed by atoms with van der Waals surface area (Å²) in [5, 5.41) is 4.06. The molecule has 1 aromatic heterocycles. The molecule has 0 bridgehead atoms. The second-order valence-electron chi connectivity index (χ2n) is 5.82. The molecule has 0 aromatic carbocycles. The Morgan fingerprint density at radius 1 is 1.35 bits per heavy atom. The van der Waals surface area contributed by atoms with E-state index in [1.54, 1.807) is 17.8 Å². The number of carbonyl (C=O) groups is 1. The summed E-state index contributed by atoms with van der Waals surface area (Å²) in [6, 6.07) is 2.78. The maximum Gasteiger partial charge on any atom is 0.358 e. The summed E-state index contributed by atoms with van der Waals surface area (Å²) < 4.78 is 17.1. The second-order valence-corrected chi connectivity index (χ2v) is 11.4. The van der Waals surface area contributed by atoms with E-state index in [1.807, 2.05) is 0 Å². The highest BCUT2D eigenvalue weighted by Gasteiger charge is 2.13. The van der Waals surface area contributed by atoms with Crippen molar-refractivity contribution in [2.45, 2.75) is 32.3 Å². The number of ether oxygens (including phenoxy) is 3. The summed E-state index contributed by atoms with van der Waals surface area (Å²) in [7, 11) is 2.04. The number of esters is 1. The minimum absolute atomic E-state index is 0.253. The largest absolute Gasteiger partial charge is 0.464 e. The average Bonchev–Trinajstić information content (AvgIpc) is 2.73. The molecule has 0 unspecified atom stereocenters. The van der Waals surface area contributed by atoms with Gasteiger partial charge in [0.1, 0.15) is 6.79 Å². The van der Waals surface area contributed by atoms with Gasteiger partial charge in [-0.25, -0.2) is 4.79 Å². The summed E-state index contributed by atoms with van der Waals surface area (Å²) >= 11 is 0. The summed E-state index contributed by atoms with van der Waals surface area (Å²) in [5.41, 5.74) is 1.09. The van der Waals surface area contributed by atoms with Gasteiger partial charge in [-0.3, -0.25) is 4.68 Å². The number of rotatable bonds is 8. The molecular formula is C13H24N2O4Si. The smallest absolute Gasteiger partial charge is 0.358 e. The molecular weight excluding hydrogens is 276 g/mol. The lowest BCUT2D eigenvalue weighted by Crippen LogP contribution is -2.22. The first-order chi connectivity index (χ1) is 9.33. The molecule has 0 atom stereocenters. The van der Waals surface area contributed by atoms with Gasteiger partial charge in [0.15, 0.2) is 5.69 Å². The van der Waals surface area contributed by atoms with Crippen LogP contribution in [-0.2, 0) is 27.9 Å². The van der Waals surface area contributed by atoms with Gasteiger partial charge >= 0.3 is 5.97 Å². The highest BCUT2D eigenvalue weighted by Crippen LogP contribution is 2.08. The van der Waals surface area contributed by atoms with Crippen LogP contribution in [0, 0.1) is 0 Å². The van der Waals surface area contributed by atoms with Crippen LogP contribution in [0.4, 0.5) is 0 Å². The third kappa shape index (κ3) is 5.85. The standard InChI is InChI=1S/C13H24N2O4Si/c1-15-11(8-12(14-15)13(16)17-2)9-19-10-18-6-7-20(3,4)5/h8H,6-7,9-10H2,1-5H3. The van der Waals surface area contributed by atoms with Gasteiger partial charge in [-0.2, -0.15) is 5.10 Å². The predicted molar refractivity (Wildman–Crippen MR) is 78.3 cm³/mol. The van der Waals surface area contributed by atoms with Crippen molar-refractivity contribution in [3.05, 3.63) is 17.5 Å². The minimum atomic E-state index is -1.05. The molecule has 6 nitrogen and oxygen atoms in total. The second kappa shape index (κ2) is 7.56. The monoisotopic (exact) mass is 300 g/mol. The van der Waals surface area contributed by atoms with E-state index >= 15 is 0 Å². The van der Waals surface area contributed by atoms with Crippen LogP contribution in [0.15, 0.2) is 6.07 Å². The van der Waals surface area contributed by atoms with E-state index in [1.165, 1.54) is 7.11 Å². The van der Waals surface area contributed by atoms with Crippen molar-refractivity contribution in [1.29, 1.82) is 0 Å². The van der Waals surface area contributed by atoms with Gasteiger partial charge < -0.3 is 14.2 Å². The zero-order chi connectivity index (χ0) is 15.2. The van der Waals surface area contributed by atoms with Crippen molar-refractivity contribution in [1.82, 2.24) is 9.78 Å². The van der Waals surface area contributed by atoms with Crippen LogP contribution < -0.4 is 0 Å². The van der Waals surface area contributed by atoms with Gasteiger partial charge in [-0.1, -0.05) is 19.6 Å². The van der Waals surface area contributed by atoms with E-state index in [-0.39, 0.29) is 12.5 Å². The molecule has 0 aliphatic carbocycles. The molecule has 0 amide bonds. The molecule has 0 fully saturated rings. The Balaban J connectivity index is 2.29. The normalized spacial score (nSPS) is 11.7. The molecule has 1 aromatic rings. The number of aryl methyl sites for hydroxylation is 1. The Kier molecular flexibility index (Phi) is 6.38. The predicted octanol–water partition coefficient (Wildman–Crippen LogP) is 2.04. The molecule has 20 heavy (non-hydrogen) atoms. The van der Waals surface area contributed by atoms with E-state index in [0.29, 0.717) is 6.61 Å². The van der Waals surface area contributed by atoms with Crippen LogP contribution in [0.1, 0.15) is 16.2 Å². The lowest BCUT2D eigenvalue weighted by atomic mass is 10.3. The first kappa shape index (κ1) is 16.9. The molecule has 1 heterocycles. The fraction of sp³-hybridized carbons (Fsp3) is 0.692. The number of hydrogen-bond donors (Lipinski definition) is 0. The Hall–Kier alpha value is -1.18. The molecule has 0 aliphatic rings. The maximum atomic E-state index is 11.3. The van der Waals surface area contributed by atoms with Gasteiger partial charge in [0.25, 0.3) is 0 Å². The number of hydrogen-bond acceptors (Lipinski definition) is 5. The quantitative estimate of drug-likeness (QED) is 0.318. The lowest BCUT2D eigenvalue weighted by molar-refractivity contribution is -0.0589. The van der Waals surface area contributed by atoms with Crippen molar-refractivity contribution in [2.75, 3.05) is 20.5 Å². The first-order valence-corrected chi connectivity index (χ1v) is 10.3. The van der Waals surface area contributed by atoms with Gasteiger partial charge in [-0.15, -0.1) is 0 Å². The zero-order valence-corrected chi connectivity index (χ0v) is 13.9. The lowest BCUT2D eigenvalue weighted by Gasteiger charge is -2.15. The van der Waals surface area contributed by atoms with E-state index in [0.717, 1.165) is 18.3 Å². The summed E-state index contributed by atoms with van der Waals surface area (Å²) in [4.78, 5) is 11.3. The number of aromatic nitrogens is 2. The van der Waals surface area contributed by atoms with Gasteiger partial charge in [0.05, 0.1) is 19.4 Å². The molecule has 0 saturated heterocycles. The zero-order valence-electron chi connectivity index (χ0n) is 12.9. The van der Waals surface area contributed by atoms with E-state index in [9.17, 15) is 4.79 Å². The molecule has 0 saturated carbocycles. The van der Waals surface area contributed by atoms with Crippen LogP contribution in [-0.4, -0.2) is 44.3 Å². The van der Waals surface area contributed by atoms with Crippen LogP contribution in [0.3, 0.4) is 0 Å². The highest BCUT2D eigenvalue weighted by atomic mass is 28.3. The number of nitrogens with zero attached hydrogens (tertiary/aromatic N) is 2. The Labute approximate surface area is 121 Å². The van der Waals surface area contributed by atoms with E-state index in [4.69, 9.17) is 9.47 Å². The fourth-order valence-electron chi connectivity index (χ4n) is 1.49. The van der Waals surface area contributed by atoms with Crippen LogP contribution in [0.25, 0.3) is 0 Å². The SMILES string of the molecule is COC(=O)c1cc(COCOCC[Si](C)(C)C)n(C)n1. The highest BCUT2D eigenvalue weighted by molar-refractivity contribution is 6.76. The van der Waals surface area contributed by atoms with Gasteiger partial charge in [-0.05, 0) is 12.1 Å². The minimum Gasteiger partial charge on any atom is -0.464 e. The molecule has 114 valence electrons. The third-order valence-corrected chi connectivity index (χ3v) is 4.49. The maximum absolute atomic E-state index is 11.3. The fourth-order valence-corrected chi connectivity index (χ4v) is 2.24. The Morgan fingerprint density at radius 3 is 2.65 bits per heavy atom. The molecule has 0 radical (unpaired) electrons. The van der Waals surface area contributed by atoms with Crippen molar-refractivity contribution < 1.29 is 19.0 Å². The van der Waals surface area contributed by atoms with Crippen molar-refractivity contribution >= 4 is 14.0 Å². The van der Waals surface area contributed by atoms with Gasteiger partial charge in [0.2, 0.25) is 0 Å². The molecule has 7 heteroatoms. The van der Waals surface area contributed by atoms with Crippen molar-refractivity contribution in [3.8, 4) is 0 Å². The topological polar surface area (TPSA) is 62.6 Å². The van der Waals surface area contributed by atoms with Crippen LogP contribution in [0.2, 0.25) is 25.7 Å². The van der Waals surface area contributed by atoms with E-state index < -0.39 is 14.0 Å². The molecule has 0 N–H and O–H groups in total. The van der Waals surface area contributed by atoms with Crippen molar-refractivity contribution in [2.24, 2.45) is 7.05 Å².